The van der Waals surface area contributed by atoms with E-state index in [1.807, 2.05) is 12.1 Å². The lowest BCUT2D eigenvalue weighted by molar-refractivity contribution is 0.223. The summed E-state index contributed by atoms with van der Waals surface area (Å²) in [5.74, 6) is 0.199. The number of benzene rings is 2. The van der Waals surface area contributed by atoms with Crippen molar-refractivity contribution in [2.24, 2.45) is 5.92 Å². The molecule has 0 N–H and O–H groups in total. The van der Waals surface area contributed by atoms with Crippen LogP contribution in [0.25, 0.3) is 0 Å². The van der Waals surface area contributed by atoms with E-state index in [-0.39, 0.29) is 16.7 Å². The minimum Gasteiger partial charge on any atom is -0.407 e. The lowest BCUT2D eigenvalue weighted by Crippen LogP contribution is -2.67. The van der Waals surface area contributed by atoms with Crippen LogP contribution in [0.1, 0.15) is 27.2 Å². The highest BCUT2D eigenvalue weighted by Crippen LogP contribution is 2.37. The molecule has 0 radical (unpaired) electrons. The molecule has 152 valence electrons. The zero-order chi connectivity index (χ0) is 20.4. The molecular formula is C22H31NO3SSi. The van der Waals surface area contributed by atoms with Crippen LogP contribution in [-0.2, 0) is 14.4 Å². The van der Waals surface area contributed by atoms with Crippen LogP contribution < -0.4 is 10.4 Å². The van der Waals surface area contributed by atoms with E-state index in [0.29, 0.717) is 13.2 Å². The molecule has 3 rings (SSSR count). The Bertz CT molecular complexity index is 840. The average Bonchev–Trinajstić information content (AvgIpc) is 2.65. The third-order valence-corrected chi connectivity index (χ3v) is 12.8. The molecule has 1 saturated heterocycles. The fourth-order valence-corrected chi connectivity index (χ4v) is 10.3. The summed E-state index contributed by atoms with van der Waals surface area (Å²) in [7, 11) is -4.12. The van der Waals surface area contributed by atoms with E-state index in [9.17, 15) is 8.42 Å². The second-order valence-corrected chi connectivity index (χ2v) is 15.2. The van der Waals surface area contributed by atoms with Gasteiger partial charge in [-0.25, -0.2) is 12.7 Å². The van der Waals surface area contributed by atoms with Gasteiger partial charge in [0, 0.05) is 20.2 Å². The van der Waals surface area contributed by atoms with Gasteiger partial charge in [0.1, 0.15) is 0 Å². The van der Waals surface area contributed by atoms with Crippen molar-refractivity contribution in [2.75, 3.05) is 26.0 Å². The Morgan fingerprint density at radius 1 is 1.00 bits per heavy atom. The van der Waals surface area contributed by atoms with Crippen molar-refractivity contribution in [3.05, 3.63) is 60.7 Å². The summed E-state index contributed by atoms with van der Waals surface area (Å²) in [6.07, 6.45) is 0.841. The molecule has 0 aliphatic carbocycles. The molecule has 2 aromatic carbocycles. The fraction of sp³-hybridized carbons (Fsp3) is 0.455. The minimum atomic E-state index is -3.17. The molecule has 28 heavy (non-hydrogen) atoms. The first kappa shape index (κ1) is 21.2. The summed E-state index contributed by atoms with van der Waals surface area (Å²) < 4.78 is 33.0. The van der Waals surface area contributed by atoms with E-state index >= 15 is 0 Å². The van der Waals surface area contributed by atoms with Crippen LogP contribution in [0.2, 0.25) is 5.04 Å². The first-order valence-corrected chi connectivity index (χ1v) is 13.4. The summed E-state index contributed by atoms with van der Waals surface area (Å²) >= 11 is 0. The first-order valence-electron chi connectivity index (χ1n) is 9.86. The van der Waals surface area contributed by atoms with Gasteiger partial charge in [0.25, 0.3) is 8.32 Å². The molecule has 1 atom stereocenters. The molecular weight excluding hydrogens is 386 g/mol. The first-order chi connectivity index (χ1) is 13.2. The van der Waals surface area contributed by atoms with Crippen molar-refractivity contribution in [1.29, 1.82) is 0 Å². The number of hydrogen-bond acceptors (Lipinski definition) is 3. The topological polar surface area (TPSA) is 46.6 Å². The van der Waals surface area contributed by atoms with Gasteiger partial charge in [-0.2, -0.15) is 0 Å². The van der Waals surface area contributed by atoms with Crippen molar-refractivity contribution in [2.45, 2.75) is 32.2 Å². The maximum absolute atomic E-state index is 12.3. The lowest BCUT2D eigenvalue weighted by Gasteiger charge is -2.44. The van der Waals surface area contributed by atoms with Crippen LogP contribution >= 0.6 is 0 Å². The molecule has 0 bridgehead atoms. The number of nitrogens with zero attached hydrogens (tertiary/aromatic N) is 1. The van der Waals surface area contributed by atoms with Crippen molar-refractivity contribution in [1.82, 2.24) is 4.31 Å². The highest BCUT2D eigenvalue weighted by atomic mass is 32.2. The van der Waals surface area contributed by atoms with E-state index in [2.05, 4.69) is 69.3 Å². The smallest absolute Gasteiger partial charge is 0.261 e. The zero-order valence-electron chi connectivity index (χ0n) is 17.3. The highest BCUT2D eigenvalue weighted by Gasteiger charge is 2.50. The third kappa shape index (κ3) is 4.10. The van der Waals surface area contributed by atoms with Gasteiger partial charge in [0.15, 0.2) is 0 Å². The Labute approximate surface area is 170 Å². The molecule has 1 heterocycles. The van der Waals surface area contributed by atoms with E-state index in [0.717, 1.165) is 6.42 Å². The normalized spacial score (nSPS) is 20.8. The Morgan fingerprint density at radius 3 is 1.93 bits per heavy atom. The largest absolute Gasteiger partial charge is 0.407 e. The molecule has 4 nitrogen and oxygen atoms in total. The average molecular weight is 418 g/mol. The molecule has 0 amide bonds. The van der Waals surface area contributed by atoms with Gasteiger partial charge in [-0.15, -0.1) is 0 Å². The molecule has 6 heteroatoms. The van der Waals surface area contributed by atoms with Crippen molar-refractivity contribution < 1.29 is 12.8 Å². The standard InChI is InChI=1S/C22H31NO3SSi/c1-22(2,3)28(20-11-7-5-8-12-20,21-13-9-6-10-14-21)26-17-19-15-16-23(4)27(24,25)18-19/h5-14,19H,15-18H2,1-4H3. The molecule has 0 saturated carbocycles. The van der Waals surface area contributed by atoms with Gasteiger partial charge in [0.2, 0.25) is 10.0 Å². The molecule has 1 aliphatic rings. The summed E-state index contributed by atoms with van der Waals surface area (Å²) in [6, 6.07) is 21.0. The lowest BCUT2D eigenvalue weighted by atomic mass is 10.1. The highest BCUT2D eigenvalue weighted by molar-refractivity contribution is 7.89. The van der Waals surface area contributed by atoms with Crippen LogP contribution in [-0.4, -0.2) is 47.0 Å². The fourth-order valence-electron chi connectivity index (χ4n) is 4.15. The predicted octanol–water partition coefficient (Wildman–Crippen LogP) is 2.84. The summed E-state index contributed by atoms with van der Waals surface area (Å²) in [6.45, 7) is 7.76. The second-order valence-electron chi connectivity index (χ2n) is 8.73. The predicted molar refractivity (Wildman–Crippen MR) is 118 cm³/mol. The monoisotopic (exact) mass is 417 g/mol. The molecule has 0 spiro atoms. The summed E-state index contributed by atoms with van der Waals surface area (Å²) in [4.78, 5) is 0. The Kier molecular flexibility index (Phi) is 6.15. The Balaban J connectivity index is 2.00. The van der Waals surface area contributed by atoms with Gasteiger partial charge in [0.05, 0.1) is 5.75 Å². The molecule has 1 fully saturated rings. The van der Waals surface area contributed by atoms with Gasteiger partial charge in [-0.3, -0.25) is 0 Å². The SMILES string of the molecule is CN1CCC(CO[Si](c2ccccc2)(c2ccccc2)C(C)(C)C)CS1(=O)=O. The number of rotatable bonds is 5. The quantitative estimate of drug-likeness (QED) is 0.703. The third-order valence-electron chi connectivity index (χ3n) is 5.73. The maximum atomic E-state index is 12.3. The van der Waals surface area contributed by atoms with Crippen LogP contribution in [0.4, 0.5) is 0 Å². The molecule has 0 aromatic heterocycles. The van der Waals surface area contributed by atoms with Crippen LogP contribution in [0.15, 0.2) is 60.7 Å². The number of hydrogen-bond donors (Lipinski definition) is 0. The van der Waals surface area contributed by atoms with Crippen molar-refractivity contribution in [3.63, 3.8) is 0 Å². The minimum absolute atomic E-state index is 0.0304. The van der Waals surface area contributed by atoms with Crippen molar-refractivity contribution in [3.8, 4) is 0 Å². The van der Waals surface area contributed by atoms with Gasteiger partial charge >= 0.3 is 0 Å². The maximum Gasteiger partial charge on any atom is 0.261 e. The summed E-state index contributed by atoms with van der Waals surface area (Å²) in [5.41, 5.74) is 0. The molecule has 2 aromatic rings. The van der Waals surface area contributed by atoms with Crippen LogP contribution in [0.3, 0.4) is 0 Å². The van der Waals surface area contributed by atoms with Crippen LogP contribution in [0, 0.1) is 5.92 Å². The summed E-state index contributed by atoms with van der Waals surface area (Å²) in [5, 5.41) is 2.36. The molecule has 1 aliphatic heterocycles. The zero-order valence-corrected chi connectivity index (χ0v) is 19.1. The van der Waals surface area contributed by atoms with Crippen LogP contribution in [0.5, 0.6) is 0 Å². The molecule has 1 unspecified atom stereocenters. The second kappa shape index (κ2) is 8.11. The van der Waals surface area contributed by atoms with E-state index in [4.69, 9.17) is 4.43 Å². The Hall–Kier alpha value is -1.47. The van der Waals surface area contributed by atoms with E-state index in [1.54, 1.807) is 7.05 Å². The van der Waals surface area contributed by atoms with Crippen molar-refractivity contribution >= 4 is 28.7 Å². The van der Waals surface area contributed by atoms with E-state index < -0.39 is 18.3 Å². The van der Waals surface area contributed by atoms with Gasteiger partial charge in [-0.1, -0.05) is 81.4 Å². The number of sulfonamides is 1. The van der Waals surface area contributed by atoms with Gasteiger partial charge < -0.3 is 4.43 Å². The van der Waals surface area contributed by atoms with E-state index in [1.165, 1.54) is 14.7 Å². The van der Waals surface area contributed by atoms with Gasteiger partial charge in [-0.05, 0) is 27.8 Å². The Morgan fingerprint density at radius 2 is 1.50 bits per heavy atom.